The molecular formula is C17H15N3O4. The molecule has 0 radical (unpaired) electrons. The number of nitrogens with zero attached hydrogens (tertiary/aromatic N) is 2. The van der Waals surface area contributed by atoms with Gasteiger partial charge in [0.2, 0.25) is 0 Å². The normalized spacial score (nSPS) is 16.0. The number of Topliss-reactive ketones (excluding diaryl/α,β-unsaturated/α-hetero) is 1. The zero-order chi connectivity index (χ0) is 17.3. The highest BCUT2D eigenvalue weighted by Gasteiger charge is 2.47. The molecule has 1 aromatic heterocycles. The fourth-order valence-corrected chi connectivity index (χ4v) is 2.62. The molecule has 7 heteroatoms. The van der Waals surface area contributed by atoms with Gasteiger partial charge in [-0.25, -0.2) is 14.6 Å². The SMILES string of the molecule is C[C@@H](c1ccccc1)N1C(=O)C(=O)N(CC(=O)c2ccc[nH]2)C1=O. The van der Waals surface area contributed by atoms with Crippen LogP contribution in [0, 0.1) is 0 Å². The Hall–Kier alpha value is -3.22. The maximum Gasteiger partial charge on any atom is 0.335 e. The number of urea groups is 1. The monoisotopic (exact) mass is 325 g/mol. The molecule has 2 aromatic rings. The van der Waals surface area contributed by atoms with Crippen LogP contribution in [-0.4, -0.2) is 45.0 Å². The average molecular weight is 325 g/mol. The molecule has 4 amide bonds. The molecule has 2 heterocycles. The van der Waals surface area contributed by atoms with Gasteiger partial charge in [0.05, 0.1) is 18.3 Å². The molecule has 1 saturated heterocycles. The van der Waals surface area contributed by atoms with Crippen molar-refractivity contribution in [2.24, 2.45) is 0 Å². The molecule has 122 valence electrons. The summed E-state index contributed by atoms with van der Waals surface area (Å²) in [6.45, 7) is 1.19. The standard InChI is InChI=1S/C17H15N3O4/c1-11(12-6-3-2-4-7-12)20-16(23)15(22)19(17(20)24)10-14(21)13-8-5-9-18-13/h2-9,11,18H,10H2,1H3/t11-/m0/s1. The molecule has 1 atom stereocenters. The molecule has 1 N–H and O–H groups in total. The summed E-state index contributed by atoms with van der Waals surface area (Å²) >= 11 is 0. The van der Waals surface area contributed by atoms with Crippen molar-refractivity contribution in [1.82, 2.24) is 14.8 Å². The molecule has 0 unspecified atom stereocenters. The zero-order valence-electron chi connectivity index (χ0n) is 12.9. The number of ketones is 1. The van der Waals surface area contributed by atoms with Crippen LogP contribution >= 0.6 is 0 Å². The van der Waals surface area contributed by atoms with E-state index in [0.717, 1.165) is 10.5 Å². The summed E-state index contributed by atoms with van der Waals surface area (Å²) in [4.78, 5) is 53.2. The van der Waals surface area contributed by atoms with Gasteiger partial charge in [-0.1, -0.05) is 30.3 Å². The van der Waals surface area contributed by atoms with Gasteiger partial charge in [-0.15, -0.1) is 0 Å². The van der Waals surface area contributed by atoms with Gasteiger partial charge in [-0.2, -0.15) is 0 Å². The van der Waals surface area contributed by atoms with Crippen molar-refractivity contribution >= 4 is 23.6 Å². The quantitative estimate of drug-likeness (QED) is 0.515. The van der Waals surface area contributed by atoms with Crippen LogP contribution in [0.5, 0.6) is 0 Å². The van der Waals surface area contributed by atoms with Gasteiger partial charge < -0.3 is 4.98 Å². The molecule has 0 bridgehead atoms. The Bertz CT molecular complexity index is 799. The second kappa shape index (κ2) is 6.11. The molecule has 1 aliphatic rings. The predicted molar refractivity (Wildman–Crippen MR) is 83.9 cm³/mol. The first-order valence-corrected chi connectivity index (χ1v) is 7.41. The summed E-state index contributed by atoms with van der Waals surface area (Å²) in [6.07, 6.45) is 1.57. The Morgan fingerprint density at radius 1 is 1.04 bits per heavy atom. The van der Waals surface area contributed by atoms with Crippen LogP contribution in [0.25, 0.3) is 0 Å². The molecule has 0 saturated carbocycles. The van der Waals surface area contributed by atoms with Gasteiger partial charge in [0.1, 0.15) is 0 Å². The van der Waals surface area contributed by atoms with E-state index in [1.54, 1.807) is 49.5 Å². The van der Waals surface area contributed by atoms with Crippen LogP contribution in [0.3, 0.4) is 0 Å². The first-order chi connectivity index (χ1) is 11.5. The summed E-state index contributed by atoms with van der Waals surface area (Å²) in [5.74, 6) is -2.35. The van der Waals surface area contributed by atoms with E-state index in [-0.39, 0.29) is 5.69 Å². The highest BCUT2D eigenvalue weighted by Crippen LogP contribution is 2.26. The molecule has 3 rings (SSSR count). The minimum atomic E-state index is -0.984. The molecule has 24 heavy (non-hydrogen) atoms. The third-order valence-corrected chi connectivity index (χ3v) is 3.95. The van der Waals surface area contributed by atoms with E-state index in [2.05, 4.69) is 4.98 Å². The second-order valence-electron chi connectivity index (χ2n) is 5.44. The Labute approximate surface area is 137 Å². The predicted octanol–water partition coefficient (Wildman–Crippen LogP) is 1.75. The van der Waals surface area contributed by atoms with Crippen molar-refractivity contribution in [3.05, 3.63) is 59.9 Å². The highest BCUT2D eigenvalue weighted by atomic mass is 16.2. The lowest BCUT2D eigenvalue weighted by Gasteiger charge is -2.22. The van der Waals surface area contributed by atoms with E-state index in [0.29, 0.717) is 4.90 Å². The molecule has 1 aromatic carbocycles. The molecule has 0 spiro atoms. The number of carbonyl (C=O) groups is 4. The van der Waals surface area contributed by atoms with Crippen molar-refractivity contribution in [2.45, 2.75) is 13.0 Å². The van der Waals surface area contributed by atoms with Crippen molar-refractivity contribution in [2.75, 3.05) is 6.54 Å². The molecule has 0 aliphatic carbocycles. The second-order valence-corrected chi connectivity index (χ2v) is 5.44. The fraction of sp³-hybridized carbons (Fsp3) is 0.176. The number of hydrogen-bond acceptors (Lipinski definition) is 4. The number of nitrogens with one attached hydrogen (secondary N) is 1. The number of H-pyrrole nitrogens is 1. The maximum atomic E-state index is 12.5. The molecular weight excluding hydrogens is 310 g/mol. The third kappa shape index (κ3) is 2.60. The van der Waals surface area contributed by atoms with Crippen LogP contribution in [0.4, 0.5) is 4.79 Å². The van der Waals surface area contributed by atoms with Crippen LogP contribution in [-0.2, 0) is 9.59 Å². The summed E-state index contributed by atoms with van der Waals surface area (Å²) in [6, 6.07) is 10.7. The Morgan fingerprint density at radius 2 is 1.75 bits per heavy atom. The van der Waals surface area contributed by atoms with Gasteiger partial charge in [-0.05, 0) is 24.6 Å². The first kappa shape index (κ1) is 15.7. The van der Waals surface area contributed by atoms with Crippen molar-refractivity contribution in [3.63, 3.8) is 0 Å². The van der Waals surface area contributed by atoms with E-state index in [4.69, 9.17) is 0 Å². The number of benzene rings is 1. The van der Waals surface area contributed by atoms with Crippen LogP contribution in [0.2, 0.25) is 0 Å². The maximum absolute atomic E-state index is 12.5. The lowest BCUT2D eigenvalue weighted by Crippen LogP contribution is -2.37. The Morgan fingerprint density at radius 3 is 2.38 bits per heavy atom. The van der Waals surface area contributed by atoms with Crippen molar-refractivity contribution in [1.29, 1.82) is 0 Å². The van der Waals surface area contributed by atoms with Crippen molar-refractivity contribution < 1.29 is 19.2 Å². The first-order valence-electron chi connectivity index (χ1n) is 7.41. The van der Waals surface area contributed by atoms with Crippen LogP contribution in [0.1, 0.15) is 29.0 Å². The summed E-state index contributed by atoms with van der Waals surface area (Å²) < 4.78 is 0. The smallest absolute Gasteiger partial charge is 0.335 e. The Balaban J connectivity index is 1.82. The van der Waals surface area contributed by atoms with Gasteiger partial charge in [0.25, 0.3) is 0 Å². The van der Waals surface area contributed by atoms with E-state index in [1.807, 2.05) is 6.07 Å². The van der Waals surface area contributed by atoms with E-state index >= 15 is 0 Å². The van der Waals surface area contributed by atoms with Crippen molar-refractivity contribution in [3.8, 4) is 0 Å². The summed E-state index contributed by atoms with van der Waals surface area (Å²) in [5.41, 5.74) is 1.00. The summed E-state index contributed by atoms with van der Waals surface area (Å²) in [7, 11) is 0. The average Bonchev–Trinajstić information content (AvgIpc) is 3.19. The minimum Gasteiger partial charge on any atom is -0.359 e. The number of rotatable bonds is 5. The van der Waals surface area contributed by atoms with E-state index in [9.17, 15) is 19.2 Å². The van der Waals surface area contributed by atoms with Gasteiger partial charge in [-0.3, -0.25) is 14.4 Å². The minimum absolute atomic E-state index is 0.276. The lowest BCUT2D eigenvalue weighted by molar-refractivity contribution is -0.143. The summed E-state index contributed by atoms with van der Waals surface area (Å²) in [5, 5.41) is 0. The highest BCUT2D eigenvalue weighted by molar-refractivity contribution is 6.45. The molecule has 7 nitrogen and oxygen atoms in total. The van der Waals surface area contributed by atoms with Gasteiger partial charge in [0.15, 0.2) is 5.78 Å². The number of aromatic amines is 1. The lowest BCUT2D eigenvalue weighted by atomic mass is 10.1. The number of aromatic nitrogens is 1. The molecule has 1 aliphatic heterocycles. The Kier molecular flexibility index (Phi) is 3.99. The number of imide groups is 2. The number of hydrogen-bond donors (Lipinski definition) is 1. The van der Waals surface area contributed by atoms with Crippen LogP contribution < -0.4 is 0 Å². The third-order valence-electron chi connectivity index (χ3n) is 3.95. The van der Waals surface area contributed by atoms with Crippen LogP contribution in [0.15, 0.2) is 48.7 Å². The van der Waals surface area contributed by atoms with E-state index in [1.165, 1.54) is 0 Å². The topological polar surface area (TPSA) is 90.6 Å². The fourth-order valence-electron chi connectivity index (χ4n) is 2.62. The van der Waals surface area contributed by atoms with Gasteiger partial charge in [0, 0.05) is 6.20 Å². The largest absolute Gasteiger partial charge is 0.359 e. The van der Waals surface area contributed by atoms with Gasteiger partial charge >= 0.3 is 17.8 Å². The number of carbonyl (C=O) groups excluding carboxylic acids is 4. The van der Waals surface area contributed by atoms with E-state index < -0.39 is 36.2 Å². The zero-order valence-corrected chi connectivity index (χ0v) is 12.9. The molecule has 1 fully saturated rings. The number of amides is 4.